The first-order valence-corrected chi connectivity index (χ1v) is 11.8. The van der Waals surface area contributed by atoms with E-state index in [9.17, 15) is 21.6 Å². The summed E-state index contributed by atoms with van der Waals surface area (Å²) < 4.78 is 74.1. The van der Waals surface area contributed by atoms with E-state index in [1.165, 1.54) is 6.07 Å². The molecule has 0 saturated heterocycles. The molecule has 0 aliphatic rings. The Balaban J connectivity index is 2.44. The van der Waals surface area contributed by atoms with Gasteiger partial charge < -0.3 is 10.5 Å². The Morgan fingerprint density at radius 2 is 1.53 bits per heavy atom. The number of halogens is 3. The molecule has 0 unspecified atom stereocenters. The molecule has 2 aromatic carbocycles. The van der Waals surface area contributed by atoms with Gasteiger partial charge in [0, 0.05) is 6.07 Å². The lowest BCUT2D eigenvalue weighted by atomic mass is 9.85. The third-order valence-electron chi connectivity index (χ3n) is 4.95. The summed E-state index contributed by atoms with van der Waals surface area (Å²) in [6.07, 6.45) is -3.41. The summed E-state index contributed by atoms with van der Waals surface area (Å²) in [5.41, 5.74) is 6.04. The lowest BCUT2D eigenvalue weighted by Gasteiger charge is -2.22. The molecule has 0 amide bonds. The van der Waals surface area contributed by atoms with Gasteiger partial charge in [-0.1, -0.05) is 32.9 Å². The molecule has 0 saturated carbocycles. The fourth-order valence-corrected chi connectivity index (χ4v) is 4.85. The second-order valence-electron chi connectivity index (χ2n) is 8.88. The summed E-state index contributed by atoms with van der Waals surface area (Å²) in [5, 5.41) is 0. The highest BCUT2D eigenvalue weighted by molar-refractivity contribution is 7.92. The van der Waals surface area contributed by atoms with Crippen molar-refractivity contribution < 1.29 is 26.3 Å². The largest absolute Gasteiger partial charge is 0.494 e. The molecule has 5 nitrogen and oxygen atoms in total. The lowest BCUT2D eigenvalue weighted by Crippen LogP contribution is -2.19. The van der Waals surface area contributed by atoms with E-state index in [2.05, 4.69) is 4.72 Å². The topological polar surface area (TPSA) is 81.4 Å². The van der Waals surface area contributed by atoms with Crippen molar-refractivity contribution in [1.82, 2.24) is 0 Å². The van der Waals surface area contributed by atoms with Gasteiger partial charge in [-0.25, -0.2) is 8.42 Å². The molecule has 32 heavy (non-hydrogen) atoms. The maximum Gasteiger partial charge on any atom is 0.416 e. The van der Waals surface area contributed by atoms with Gasteiger partial charge in [0.15, 0.2) is 0 Å². The predicted molar refractivity (Wildman–Crippen MR) is 121 cm³/mol. The van der Waals surface area contributed by atoms with Crippen molar-refractivity contribution in [3.05, 3.63) is 52.6 Å². The number of hydrogen-bond donors (Lipinski definition) is 2. The molecule has 2 aromatic rings. The van der Waals surface area contributed by atoms with Crippen LogP contribution in [-0.4, -0.2) is 21.6 Å². The Morgan fingerprint density at radius 1 is 0.938 bits per heavy atom. The predicted octanol–water partition coefficient (Wildman–Crippen LogP) is 5.54. The van der Waals surface area contributed by atoms with E-state index >= 15 is 0 Å². The first kappa shape index (κ1) is 26.0. The van der Waals surface area contributed by atoms with E-state index < -0.39 is 21.8 Å². The Bertz CT molecular complexity index is 1040. The minimum Gasteiger partial charge on any atom is -0.494 e. The molecule has 0 heterocycles. The lowest BCUT2D eigenvalue weighted by molar-refractivity contribution is -0.137. The number of sulfonamides is 1. The number of anilines is 1. The van der Waals surface area contributed by atoms with Gasteiger partial charge >= 0.3 is 6.18 Å². The third-order valence-corrected chi connectivity index (χ3v) is 6.63. The third kappa shape index (κ3) is 6.62. The second kappa shape index (κ2) is 9.70. The van der Waals surface area contributed by atoms with Crippen LogP contribution in [0.15, 0.2) is 35.2 Å². The number of unbranched alkanes of at least 4 members (excludes halogenated alkanes) is 1. The zero-order valence-electron chi connectivity index (χ0n) is 19.1. The highest BCUT2D eigenvalue weighted by Crippen LogP contribution is 2.36. The van der Waals surface area contributed by atoms with Gasteiger partial charge in [0.2, 0.25) is 0 Å². The van der Waals surface area contributed by atoms with Gasteiger partial charge in [-0.2, -0.15) is 13.2 Å². The number of nitrogens with two attached hydrogens (primary N) is 1. The molecular formula is C23H31F3N2O3S. The maximum atomic E-state index is 13.4. The fraction of sp³-hybridized carbons (Fsp3) is 0.478. The number of nitrogens with one attached hydrogen (secondary N) is 1. The van der Waals surface area contributed by atoms with Crippen LogP contribution in [0.5, 0.6) is 5.75 Å². The zero-order chi connectivity index (χ0) is 24.3. The van der Waals surface area contributed by atoms with Crippen molar-refractivity contribution >= 4 is 15.7 Å². The Hall–Kier alpha value is -2.26. The van der Waals surface area contributed by atoms with Gasteiger partial charge in [-0.05, 0) is 67.5 Å². The molecule has 0 fully saturated rings. The monoisotopic (exact) mass is 472 g/mol. The Labute approximate surface area is 188 Å². The summed E-state index contributed by atoms with van der Waals surface area (Å²) in [6, 6.07) is 6.45. The molecule has 0 atom stereocenters. The van der Waals surface area contributed by atoms with Crippen LogP contribution in [0.25, 0.3) is 0 Å². The first-order valence-electron chi connectivity index (χ1n) is 10.3. The van der Waals surface area contributed by atoms with Gasteiger partial charge in [-0.3, -0.25) is 4.72 Å². The van der Waals surface area contributed by atoms with Crippen LogP contribution in [0.2, 0.25) is 0 Å². The van der Waals surface area contributed by atoms with E-state index in [-0.39, 0.29) is 28.4 Å². The van der Waals surface area contributed by atoms with Crippen LogP contribution < -0.4 is 15.2 Å². The standard InChI is InChI=1S/C23H31F3N2O3S/c1-15-10-17(22(3,4)5)11-16(2)21(15)32(29,30)28-19-12-18(23(24,25)26)13-20(14-19)31-9-7-6-8-27/h10-14,28H,6-9,27H2,1-5H3. The quantitative estimate of drug-likeness (QED) is 0.495. The van der Waals surface area contributed by atoms with E-state index in [0.717, 1.165) is 17.7 Å². The van der Waals surface area contributed by atoms with Crippen LogP contribution in [-0.2, 0) is 21.6 Å². The number of rotatable bonds is 8. The average Bonchev–Trinajstić information content (AvgIpc) is 2.62. The van der Waals surface area contributed by atoms with Crippen molar-refractivity contribution in [3.8, 4) is 5.75 Å². The number of hydrogen-bond acceptors (Lipinski definition) is 4. The first-order chi connectivity index (χ1) is 14.6. The SMILES string of the molecule is Cc1cc(C(C)(C)C)cc(C)c1S(=O)(=O)Nc1cc(OCCCCN)cc(C(F)(F)F)c1. The Kier molecular flexibility index (Phi) is 7.88. The van der Waals surface area contributed by atoms with Crippen molar-refractivity contribution in [2.45, 2.75) is 63.9 Å². The van der Waals surface area contributed by atoms with Crippen LogP contribution >= 0.6 is 0 Å². The van der Waals surface area contributed by atoms with Crippen molar-refractivity contribution in [2.24, 2.45) is 5.73 Å². The molecule has 0 bridgehead atoms. The minimum absolute atomic E-state index is 0.0494. The Morgan fingerprint density at radius 3 is 2.03 bits per heavy atom. The van der Waals surface area contributed by atoms with Gasteiger partial charge in [-0.15, -0.1) is 0 Å². The smallest absolute Gasteiger partial charge is 0.416 e. The molecule has 0 aliphatic carbocycles. The molecule has 3 N–H and O–H groups in total. The average molecular weight is 473 g/mol. The van der Waals surface area contributed by atoms with E-state index in [0.29, 0.717) is 30.5 Å². The highest BCUT2D eigenvalue weighted by atomic mass is 32.2. The number of alkyl halides is 3. The van der Waals surface area contributed by atoms with E-state index in [1.54, 1.807) is 26.0 Å². The van der Waals surface area contributed by atoms with Gasteiger partial charge in [0.25, 0.3) is 10.0 Å². The second-order valence-corrected chi connectivity index (χ2v) is 10.5. The van der Waals surface area contributed by atoms with Gasteiger partial charge in [0.1, 0.15) is 5.75 Å². The normalized spacial score (nSPS) is 12.7. The molecule has 0 aromatic heterocycles. The van der Waals surface area contributed by atoms with Crippen LogP contribution in [0, 0.1) is 13.8 Å². The van der Waals surface area contributed by atoms with Crippen LogP contribution in [0.4, 0.5) is 18.9 Å². The minimum atomic E-state index is -4.66. The van der Waals surface area contributed by atoms with E-state index in [4.69, 9.17) is 10.5 Å². The number of ether oxygens (including phenoxy) is 1. The van der Waals surface area contributed by atoms with Crippen molar-refractivity contribution in [1.29, 1.82) is 0 Å². The summed E-state index contributed by atoms with van der Waals surface area (Å²) in [6.45, 7) is 10.0. The summed E-state index contributed by atoms with van der Waals surface area (Å²) in [4.78, 5) is 0.0494. The maximum absolute atomic E-state index is 13.4. The summed E-state index contributed by atoms with van der Waals surface area (Å²) >= 11 is 0. The number of aryl methyl sites for hydroxylation is 2. The number of benzene rings is 2. The summed E-state index contributed by atoms with van der Waals surface area (Å²) in [5.74, 6) is -0.0638. The van der Waals surface area contributed by atoms with Crippen LogP contribution in [0.1, 0.15) is 55.9 Å². The van der Waals surface area contributed by atoms with E-state index in [1.807, 2.05) is 20.8 Å². The summed E-state index contributed by atoms with van der Waals surface area (Å²) in [7, 11) is -4.13. The van der Waals surface area contributed by atoms with Crippen LogP contribution in [0.3, 0.4) is 0 Å². The molecule has 0 radical (unpaired) electrons. The zero-order valence-corrected chi connectivity index (χ0v) is 19.9. The fourth-order valence-electron chi connectivity index (χ4n) is 3.35. The molecular weight excluding hydrogens is 441 g/mol. The molecule has 0 spiro atoms. The molecule has 0 aliphatic heterocycles. The van der Waals surface area contributed by atoms with Crippen molar-refractivity contribution in [2.75, 3.05) is 17.9 Å². The highest BCUT2D eigenvalue weighted by Gasteiger charge is 2.32. The molecule has 178 valence electrons. The molecule has 2 rings (SSSR count). The van der Waals surface area contributed by atoms with Crippen molar-refractivity contribution in [3.63, 3.8) is 0 Å². The molecule has 9 heteroatoms. The van der Waals surface area contributed by atoms with Gasteiger partial charge in [0.05, 0.1) is 22.8 Å².